The van der Waals surface area contributed by atoms with Crippen LogP contribution in [0.1, 0.15) is 49.9 Å². The summed E-state index contributed by atoms with van der Waals surface area (Å²) in [7, 11) is 2.04. The topological polar surface area (TPSA) is 165 Å². The summed E-state index contributed by atoms with van der Waals surface area (Å²) in [6.07, 6.45) is 7.26. The van der Waals surface area contributed by atoms with Crippen LogP contribution in [-0.2, 0) is 22.7 Å². The number of unbranched alkanes of at least 4 members (excludes halogenated alkanes) is 2. The van der Waals surface area contributed by atoms with Crippen LogP contribution in [-0.4, -0.2) is 95.8 Å². The van der Waals surface area contributed by atoms with Crippen LogP contribution in [0.5, 0.6) is 0 Å². The number of aromatic nitrogens is 1. The molecule has 12 heteroatoms. The van der Waals surface area contributed by atoms with Crippen molar-refractivity contribution in [1.82, 2.24) is 19.7 Å². The number of carboxylic acid groups (broad SMARTS) is 1. The first kappa shape index (κ1) is 39.5. The summed E-state index contributed by atoms with van der Waals surface area (Å²) in [5.41, 5.74) is 9.47. The number of likely N-dealkylation sites (N-methyl/N-ethyl adjacent to an activating group) is 1. The van der Waals surface area contributed by atoms with Gasteiger partial charge in [-0.1, -0.05) is 18.5 Å². The van der Waals surface area contributed by atoms with E-state index in [0.29, 0.717) is 26.1 Å². The molecule has 2 bridgehead atoms. The van der Waals surface area contributed by atoms with Crippen molar-refractivity contribution in [3.8, 4) is 0 Å². The molecule has 0 saturated carbocycles. The molecule has 7 N–H and O–H groups in total. The van der Waals surface area contributed by atoms with Crippen LogP contribution in [0.15, 0.2) is 18.2 Å². The second kappa shape index (κ2) is 23.1. The molecule has 1 aliphatic heterocycles. The van der Waals surface area contributed by atoms with E-state index < -0.39 is 12.0 Å². The van der Waals surface area contributed by atoms with Crippen molar-refractivity contribution in [2.45, 2.75) is 63.7 Å². The minimum Gasteiger partial charge on any atom is -0.870 e. The Kier molecular flexibility index (Phi) is 25.3. The predicted molar refractivity (Wildman–Crippen MR) is 126 cm³/mol. The fourth-order valence-corrected chi connectivity index (χ4v) is 4.32. The molecule has 1 aliphatic rings. The first-order chi connectivity index (χ1) is 16.0. The molecule has 2 atom stereocenters. The number of nitrogens with zero attached hydrogens (tertiary/aromatic N) is 4. The van der Waals surface area contributed by atoms with Crippen LogP contribution < -0.4 is 119 Å². The van der Waals surface area contributed by atoms with Gasteiger partial charge in [0, 0.05) is 45.3 Å². The maximum absolute atomic E-state index is 12.0. The van der Waals surface area contributed by atoms with Gasteiger partial charge in [-0.15, -0.1) is 0 Å². The zero-order chi connectivity index (χ0) is 24.1. The van der Waals surface area contributed by atoms with Crippen molar-refractivity contribution in [3.63, 3.8) is 0 Å². The summed E-state index contributed by atoms with van der Waals surface area (Å²) < 4.78 is 0. The van der Waals surface area contributed by atoms with E-state index in [4.69, 9.17) is 4.98 Å². The molecule has 0 radical (unpaired) electrons. The van der Waals surface area contributed by atoms with E-state index >= 15 is 0 Å². The summed E-state index contributed by atoms with van der Waals surface area (Å²) >= 11 is 0. The van der Waals surface area contributed by atoms with Crippen LogP contribution in [0.25, 0.3) is 0 Å². The number of carbonyl (C=O) groups is 1. The minimum atomic E-state index is -1.03. The Labute approximate surface area is 301 Å². The molecule has 0 saturated heterocycles. The third-order valence-electron chi connectivity index (χ3n) is 6.38. The molecule has 1 aromatic rings. The zero-order valence-electron chi connectivity index (χ0n) is 22.7. The number of aliphatic carboxylic acids is 1. The van der Waals surface area contributed by atoms with Crippen LogP contribution >= 0.6 is 0 Å². The minimum absolute atomic E-state index is 0. The van der Waals surface area contributed by atoms with Gasteiger partial charge in [0.05, 0.1) is 30.4 Å². The Bertz CT molecular complexity index is 734. The maximum atomic E-state index is 12.0. The monoisotopic (exact) mass is 557 g/mol. The molecule has 1 aromatic heterocycles. The summed E-state index contributed by atoms with van der Waals surface area (Å²) in [6.45, 7) is 5.53. The van der Waals surface area contributed by atoms with Crippen molar-refractivity contribution >= 4 is 12.3 Å². The van der Waals surface area contributed by atoms with Gasteiger partial charge in [0.2, 0.25) is 0 Å². The molecule has 2 heterocycles. The number of pyridine rings is 1. The van der Waals surface area contributed by atoms with Crippen molar-refractivity contribution in [2.75, 3.05) is 46.3 Å². The zero-order valence-corrected chi connectivity index (χ0v) is 28.9. The molecule has 2 unspecified atom stereocenters. The number of hydrogen-bond acceptors (Lipinski definition) is 8. The van der Waals surface area contributed by atoms with Crippen molar-refractivity contribution in [1.29, 1.82) is 0 Å². The standard InChI is InChI=1S/C24H41N6O3.2K.H2O/c1-28-13-15-29(22(19-31)9-2-4-11-25)17-20-7-6-8-21(27-20)18-30(16-14-28)23(24(32)33)10-3-5-12-26;;;/h6-8,22-23H,2-5,9-18,25-26H2,1H3,(H,32,33);;;1H2/q-1;2*+1;. The van der Waals surface area contributed by atoms with Crippen molar-refractivity contribution in [3.05, 3.63) is 29.6 Å². The summed E-state index contributed by atoms with van der Waals surface area (Å²) in [5.74, 6) is -1.03. The van der Waals surface area contributed by atoms with Gasteiger partial charge < -0.3 is 41.4 Å². The van der Waals surface area contributed by atoms with E-state index in [1.165, 1.54) is 0 Å². The molecule has 0 fully saturated rings. The van der Waals surface area contributed by atoms with E-state index in [1.54, 1.807) is 0 Å². The molecule has 0 aliphatic carbocycles. The molecule has 2 rings (SSSR count). The third kappa shape index (κ3) is 14.6. The van der Waals surface area contributed by atoms with Crippen molar-refractivity contribution in [2.24, 2.45) is 0 Å². The Balaban J connectivity index is 0. The molecular formula is C24H43K2N6O4+. The first-order valence-corrected chi connectivity index (χ1v) is 12.3. The molecule has 194 valence electrons. The number of rotatable bonds is 12. The van der Waals surface area contributed by atoms with Gasteiger partial charge in [-0.3, -0.25) is 9.88 Å². The van der Waals surface area contributed by atoms with Crippen molar-refractivity contribution < 1.29 is 134 Å². The summed E-state index contributed by atoms with van der Waals surface area (Å²) in [5, 5.41) is 12.0. The van der Waals surface area contributed by atoms with E-state index in [0.717, 1.165) is 76.2 Å². The normalized spacial score (nSPS) is 17.2. The molecular weight excluding hydrogens is 514 g/mol. The van der Waals surface area contributed by atoms with Gasteiger partial charge in [-0.2, -0.15) is 0 Å². The van der Waals surface area contributed by atoms with Gasteiger partial charge >= 0.3 is 103 Å². The SMILES string of the molecule is CN1CCN(C([C-]=O)CCCC[NH3+])Cc2cccc(n2)CN(C(CCCC[NH3+])C(=O)[O-])CC1.[K+].[K+].[OH-]. The van der Waals surface area contributed by atoms with E-state index in [1.807, 2.05) is 30.1 Å². The smallest absolute Gasteiger partial charge is 0.870 e. The summed E-state index contributed by atoms with van der Waals surface area (Å²) in [4.78, 5) is 34.9. The number of quaternary nitrogens is 2. The van der Waals surface area contributed by atoms with Crippen LogP contribution in [0, 0.1) is 0 Å². The fourth-order valence-electron chi connectivity index (χ4n) is 4.32. The Morgan fingerprint density at radius 3 is 2.03 bits per heavy atom. The van der Waals surface area contributed by atoms with Crippen LogP contribution in [0.4, 0.5) is 0 Å². The quantitative estimate of drug-likeness (QED) is 0.145. The van der Waals surface area contributed by atoms with Gasteiger partial charge in [0.15, 0.2) is 0 Å². The first-order valence-electron chi connectivity index (χ1n) is 12.3. The molecule has 0 spiro atoms. The average molecular weight is 558 g/mol. The van der Waals surface area contributed by atoms with E-state index in [2.05, 4.69) is 27.6 Å². The number of carbonyl (C=O) groups excluding carboxylic acids is 2. The van der Waals surface area contributed by atoms with Crippen LogP contribution in [0.3, 0.4) is 0 Å². The fraction of sp³-hybridized carbons (Fsp3) is 0.708. The Morgan fingerprint density at radius 1 is 0.972 bits per heavy atom. The van der Waals surface area contributed by atoms with E-state index in [9.17, 15) is 14.7 Å². The van der Waals surface area contributed by atoms with Gasteiger partial charge in [-0.25, -0.2) is 6.29 Å². The number of carboxylic acids is 1. The summed E-state index contributed by atoms with van der Waals surface area (Å²) in [6, 6.07) is 4.97. The van der Waals surface area contributed by atoms with Crippen LogP contribution in [0.2, 0.25) is 0 Å². The average Bonchev–Trinajstić information content (AvgIpc) is 2.80. The van der Waals surface area contributed by atoms with Gasteiger partial charge in [0.1, 0.15) is 0 Å². The van der Waals surface area contributed by atoms with Gasteiger partial charge in [-0.05, 0) is 51.3 Å². The predicted octanol–water partition coefficient (Wildman–Crippen LogP) is -8.12. The Hall–Kier alpha value is 1.32. The second-order valence-electron chi connectivity index (χ2n) is 9.03. The number of fused-ring (bicyclic) bond motifs is 2. The molecule has 10 nitrogen and oxygen atoms in total. The molecule has 36 heavy (non-hydrogen) atoms. The third-order valence-corrected chi connectivity index (χ3v) is 6.38. The van der Waals surface area contributed by atoms with E-state index in [-0.39, 0.29) is 114 Å². The number of hydrogen-bond donors (Lipinski definition) is 2. The van der Waals surface area contributed by atoms with Gasteiger partial charge in [0.25, 0.3) is 0 Å². The maximum Gasteiger partial charge on any atom is 1.00 e. The second-order valence-corrected chi connectivity index (χ2v) is 9.03. The Morgan fingerprint density at radius 2 is 1.50 bits per heavy atom. The molecule has 0 amide bonds. The molecule has 0 aromatic carbocycles. The largest absolute Gasteiger partial charge is 1.00 e.